The van der Waals surface area contributed by atoms with Gasteiger partial charge in [0.25, 0.3) is 0 Å². The lowest BCUT2D eigenvalue weighted by Crippen LogP contribution is -2.05. The molecule has 1 nitrogen and oxygen atoms in total. The van der Waals surface area contributed by atoms with Crippen molar-refractivity contribution in [1.82, 2.24) is 5.32 Å². The molecule has 0 spiro atoms. The Morgan fingerprint density at radius 2 is 1.75 bits per heavy atom. The minimum atomic E-state index is -0.181. The Morgan fingerprint density at radius 1 is 1.05 bits per heavy atom. The van der Waals surface area contributed by atoms with Crippen LogP contribution >= 0.6 is 11.8 Å². The summed E-state index contributed by atoms with van der Waals surface area (Å²) in [5.74, 6) is 0.351. The Kier molecular flexibility index (Phi) is 5.21. The molecule has 0 bridgehead atoms. The summed E-state index contributed by atoms with van der Waals surface area (Å²) in [6, 6.07) is 13.7. The highest BCUT2D eigenvalue weighted by Crippen LogP contribution is 2.30. The molecular formula is C17H20FNS. The van der Waals surface area contributed by atoms with E-state index in [0.717, 1.165) is 15.4 Å². The number of benzene rings is 2. The molecule has 0 saturated heterocycles. The summed E-state index contributed by atoms with van der Waals surface area (Å²) >= 11 is 1.59. The Balaban J connectivity index is 2.16. The van der Waals surface area contributed by atoms with Gasteiger partial charge in [0.05, 0.1) is 0 Å². The predicted octanol–water partition coefficient (Wildman–Crippen LogP) is 4.82. The van der Waals surface area contributed by atoms with Crippen molar-refractivity contribution in [2.45, 2.75) is 36.1 Å². The molecule has 0 aliphatic heterocycles. The van der Waals surface area contributed by atoms with Crippen molar-refractivity contribution in [2.24, 2.45) is 0 Å². The second-order valence-electron chi connectivity index (χ2n) is 5.15. The summed E-state index contributed by atoms with van der Waals surface area (Å²) in [5.41, 5.74) is 2.29. The largest absolute Gasteiger partial charge is 0.316 e. The SMILES string of the molecule is CNCc1cc(F)cc(Sc2ccc(C(C)C)cc2)c1. The second-order valence-corrected chi connectivity index (χ2v) is 6.30. The fraction of sp³-hybridized carbons (Fsp3) is 0.294. The maximum absolute atomic E-state index is 13.6. The summed E-state index contributed by atoms with van der Waals surface area (Å²) in [5, 5.41) is 3.05. The van der Waals surface area contributed by atoms with Crippen molar-refractivity contribution in [2.75, 3.05) is 7.05 Å². The lowest BCUT2D eigenvalue weighted by molar-refractivity contribution is 0.619. The predicted molar refractivity (Wildman–Crippen MR) is 83.8 cm³/mol. The molecule has 3 heteroatoms. The van der Waals surface area contributed by atoms with E-state index in [1.165, 1.54) is 5.56 Å². The number of nitrogens with one attached hydrogen (secondary N) is 1. The summed E-state index contributed by atoms with van der Waals surface area (Å²) in [6.07, 6.45) is 0. The van der Waals surface area contributed by atoms with E-state index < -0.39 is 0 Å². The molecule has 0 atom stereocenters. The Hall–Kier alpha value is -1.32. The molecule has 0 aromatic heterocycles. The van der Waals surface area contributed by atoms with Gasteiger partial charge in [0.2, 0.25) is 0 Å². The van der Waals surface area contributed by atoms with Crippen LogP contribution in [0.2, 0.25) is 0 Å². The maximum atomic E-state index is 13.6. The van der Waals surface area contributed by atoms with Crippen LogP contribution in [0.3, 0.4) is 0 Å². The van der Waals surface area contributed by atoms with Gasteiger partial charge in [-0.25, -0.2) is 4.39 Å². The maximum Gasteiger partial charge on any atom is 0.124 e. The first-order valence-electron chi connectivity index (χ1n) is 6.80. The standard InChI is InChI=1S/C17H20FNS/c1-12(2)14-4-6-16(7-5-14)20-17-9-13(11-19-3)8-15(18)10-17/h4-10,12,19H,11H2,1-3H3. The van der Waals surface area contributed by atoms with Gasteiger partial charge in [-0.2, -0.15) is 0 Å². The van der Waals surface area contributed by atoms with E-state index in [0.29, 0.717) is 12.5 Å². The highest BCUT2D eigenvalue weighted by atomic mass is 32.2. The van der Waals surface area contributed by atoms with Crippen molar-refractivity contribution in [1.29, 1.82) is 0 Å². The van der Waals surface area contributed by atoms with Crippen LogP contribution < -0.4 is 5.32 Å². The second kappa shape index (κ2) is 6.91. The molecule has 2 rings (SSSR count). The molecule has 1 N–H and O–H groups in total. The number of halogens is 1. The number of hydrogen-bond acceptors (Lipinski definition) is 2. The molecule has 2 aromatic carbocycles. The Bertz CT molecular complexity index is 564. The monoisotopic (exact) mass is 289 g/mol. The van der Waals surface area contributed by atoms with E-state index in [-0.39, 0.29) is 5.82 Å². The summed E-state index contributed by atoms with van der Waals surface area (Å²) < 4.78 is 13.6. The fourth-order valence-electron chi connectivity index (χ4n) is 2.04. The first-order chi connectivity index (χ1) is 9.58. The molecule has 0 heterocycles. The van der Waals surface area contributed by atoms with Gasteiger partial charge in [0.15, 0.2) is 0 Å². The van der Waals surface area contributed by atoms with Gasteiger partial charge >= 0.3 is 0 Å². The van der Waals surface area contributed by atoms with Crippen LogP contribution in [-0.4, -0.2) is 7.05 Å². The number of hydrogen-bond donors (Lipinski definition) is 1. The molecular weight excluding hydrogens is 269 g/mol. The van der Waals surface area contributed by atoms with Crippen LogP contribution in [0.15, 0.2) is 52.3 Å². The Morgan fingerprint density at radius 3 is 2.35 bits per heavy atom. The van der Waals surface area contributed by atoms with Crippen LogP contribution in [0.25, 0.3) is 0 Å². The highest BCUT2D eigenvalue weighted by molar-refractivity contribution is 7.99. The molecule has 0 aliphatic rings. The fourth-order valence-corrected chi connectivity index (χ4v) is 2.97. The van der Waals surface area contributed by atoms with Crippen molar-refractivity contribution in [3.05, 3.63) is 59.4 Å². The van der Waals surface area contributed by atoms with Crippen molar-refractivity contribution >= 4 is 11.8 Å². The summed E-state index contributed by atoms with van der Waals surface area (Å²) in [6.45, 7) is 5.04. The van der Waals surface area contributed by atoms with E-state index in [9.17, 15) is 4.39 Å². The quantitative estimate of drug-likeness (QED) is 0.847. The van der Waals surface area contributed by atoms with Crippen LogP contribution in [-0.2, 0) is 6.54 Å². The van der Waals surface area contributed by atoms with E-state index in [2.05, 4.69) is 43.4 Å². The zero-order valence-electron chi connectivity index (χ0n) is 12.1. The van der Waals surface area contributed by atoms with Gasteiger partial charge in [-0.05, 0) is 54.4 Å². The van der Waals surface area contributed by atoms with Crippen molar-refractivity contribution in [3.8, 4) is 0 Å². The number of rotatable bonds is 5. The topological polar surface area (TPSA) is 12.0 Å². The lowest BCUT2D eigenvalue weighted by Gasteiger charge is -2.08. The summed E-state index contributed by atoms with van der Waals surface area (Å²) in [4.78, 5) is 2.07. The molecule has 2 aromatic rings. The first-order valence-corrected chi connectivity index (χ1v) is 7.62. The average Bonchev–Trinajstić information content (AvgIpc) is 2.39. The van der Waals surface area contributed by atoms with Gasteiger partial charge in [0, 0.05) is 16.3 Å². The molecule has 106 valence electrons. The van der Waals surface area contributed by atoms with E-state index >= 15 is 0 Å². The first kappa shape index (κ1) is 15.1. The average molecular weight is 289 g/mol. The third-order valence-corrected chi connectivity index (χ3v) is 4.07. The zero-order valence-corrected chi connectivity index (χ0v) is 12.9. The van der Waals surface area contributed by atoms with E-state index in [1.807, 2.05) is 13.1 Å². The minimum absolute atomic E-state index is 0.181. The van der Waals surface area contributed by atoms with Gasteiger partial charge in [0.1, 0.15) is 5.82 Å². The van der Waals surface area contributed by atoms with Crippen molar-refractivity contribution < 1.29 is 4.39 Å². The third-order valence-electron chi connectivity index (χ3n) is 3.09. The molecule has 0 unspecified atom stereocenters. The van der Waals surface area contributed by atoms with Crippen LogP contribution in [0.5, 0.6) is 0 Å². The highest BCUT2D eigenvalue weighted by Gasteiger charge is 2.04. The van der Waals surface area contributed by atoms with Gasteiger partial charge in [-0.3, -0.25) is 0 Å². The van der Waals surface area contributed by atoms with E-state index in [4.69, 9.17) is 0 Å². The van der Waals surface area contributed by atoms with Crippen LogP contribution in [0.1, 0.15) is 30.9 Å². The molecule has 0 aliphatic carbocycles. The molecule has 0 amide bonds. The summed E-state index contributed by atoms with van der Waals surface area (Å²) in [7, 11) is 1.86. The van der Waals surface area contributed by atoms with Crippen molar-refractivity contribution in [3.63, 3.8) is 0 Å². The molecule has 20 heavy (non-hydrogen) atoms. The minimum Gasteiger partial charge on any atom is -0.316 e. The van der Waals surface area contributed by atoms with Crippen LogP contribution in [0, 0.1) is 5.82 Å². The third kappa shape index (κ3) is 4.09. The lowest BCUT2D eigenvalue weighted by atomic mass is 10.0. The van der Waals surface area contributed by atoms with E-state index in [1.54, 1.807) is 23.9 Å². The zero-order chi connectivity index (χ0) is 14.5. The smallest absolute Gasteiger partial charge is 0.124 e. The van der Waals surface area contributed by atoms with Gasteiger partial charge < -0.3 is 5.32 Å². The molecule has 0 fully saturated rings. The van der Waals surface area contributed by atoms with Gasteiger partial charge in [-0.15, -0.1) is 0 Å². The molecule has 0 radical (unpaired) electrons. The normalized spacial score (nSPS) is 11.1. The van der Waals surface area contributed by atoms with Gasteiger partial charge in [-0.1, -0.05) is 37.7 Å². The van der Waals surface area contributed by atoms with Crippen LogP contribution in [0.4, 0.5) is 4.39 Å². The molecule has 0 saturated carbocycles. The Labute approximate surface area is 124 Å².